The molecule has 0 bridgehead atoms. The lowest BCUT2D eigenvalue weighted by Crippen LogP contribution is -2.09. The highest BCUT2D eigenvalue weighted by atomic mass is 16.5. The lowest BCUT2D eigenvalue weighted by Gasteiger charge is -2.05. The summed E-state index contributed by atoms with van der Waals surface area (Å²) in [4.78, 5) is 8.54. The summed E-state index contributed by atoms with van der Waals surface area (Å²) < 4.78 is 4.95. The van der Waals surface area contributed by atoms with Crippen molar-refractivity contribution in [2.24, 2.45) is 0 Å². The van der Waals surface area contributed by atoms with Crippen molar-refractivity contribution in [1.82, 2.24) is 9.97 Å². The van der Waals surface area contributed by atoms with Gasteiger partial charge in [0.2, 0.25) is 5.95 Å². The van der Waals surface area contributed by atoms with Gasteiger partial charge in [0.05, 0.1) is 6.61 Å². The summed E-state index contributed by atoms with van der Waals surface area (Å²) in [5.74, 6) is 0.628. The summed E-state index contributed by atoms with van der Waals surface area (Å²) in [5.41, 5.74) is 3.40. The van der Waals surface area contributed by atoms with Gasteiger partial charge in [-0.3, -0.25) is 0 Å². The largest absolute Gasteiger partial charge is 0.383 e. The second kappa shape index (κ2) is 6.12. The minimum atomic E-state index is 0.628. The van der Waals surface area contributed by atoms with Crippen LogP contribution < -0.4 is 5.32 Å². The summed E-state index contributed by atoms with van der Waals surface area (Å²) >= 11 is 0. The van der Waals surface area contributed by atoms with E-state index in [1.54, 1.807) is 7.11 Å². The maximum absolute atomic E-state index is 4.95. The molecule has 0 amide bonds. The zero-order valence-corrected chi connectivity index (χ0v) is 10.7. The molecule has 0 aliphatic heterocycles. The standard InChI is InChI=1S/C14H17N3O/c1-11-3-5-12(6-4-11)13-9-16-14(17-10-13)15-7-8-18-2/h3-6,9-10H,7-8H2,1-2H3,(H,15,16,17). The molecule has 4 nitrogen and oxygen atoms in total. The molecule has 0 saturated carbocycles. The van der Waals surface area contributed by atoms with Crippen molar-refractivity contribution in [1.29, 1.82) is 0 Å². The van der Waals surface area contributed by atoms with Crippen molar-refractivity contribution < 1.29 is 4.74 Å². The maximum atomic E-state index is 4.95. The van der Waals surface area contributed by atoms with Gasteiger partial charge in [-0.25, -0.2) is 9.97 Å². The average Bonchev–Trinajstić information content (AvgIpc) is 2.41. The first-order valence-electron chi connectivity index (χ1n) is 5.91. The Bertz CT molecular complexity index is 479. The zero-order valence-electron chi connectivity index (χ0n) is 10.7. The molecule has 0 fully saturated rings. The molecule has 1 N–H and O–H groups in total. The number of benzene rings is 1. The molecular formula is C14H17N3O. The van der Waals surface area contributed by atoms with E-state index >= 15 is 0 Å². The molecular weight excluding hydrogens is 226 g/mol. The molecule has 0 aliphatic carbocycles. The van der Waals surface area contributed by atoms with Crippen LogP contribution in [0.15, 0.2) is 36.7 Å². The molecule has 0 aliphatic rings. The first kappa shape index (κ1) is 12.5. The van der Waals surface area contributed by atoms with Crippen molar-refractivity contribution >= 4 is 5.95 Å². The zero-order chi connectivity index (χ0) is 12.8. The maximum Gasteiger partial charge on any atom is 0.222 e. The SMILES string of the molecule is COCCNc1ncc(-c2ccc(C)cc2)cn1. The van der Waals surface area contributed by atoms with Crippen LogP contribution in [0.1, 0.15) is 5.56 Å². The number of aryl methyl sites for hydroxylation is 1. The second-order valence-corrected chi connectivity index (χ2v) is 4.08. The van der Waals surface area contributed by atoms with Crippen molar-refractivity contribution in [2.75, 3.05) is 25.6 Å². The van der Waals surface area contributed by atoms with Crippen LogP contribution >= 0.6 is 0 Å². The van der Waals surface area contributed by atoms with E-state index in [1.807, 2.05) is 12.4 Å². The summed E-state index contributed by atoms with van der Waals surface area (Å²) in [7, 11) is 1.67. The molecule has 2 aromatic rings. The van der Waals surface area contributed by atoms with Gasteiger partial charge in [0, 0.05) is 31.6 Å². The number of hydrogen-bond acceptors (Lipinski definition) is 4. The van der Waals surface area contributed by atoms with Crippen LogP contribution in [0.2, 0.25) is 0 Å². The molecule has 4 heteroatoms. The molecule has 1 aromatic carbocycles. The van der Waals surface area contributed by atoms with Gasteiger partial charge in [-0.05, 0) is 12.5 Å². The van der Waals surface area contributed by atoms with Gasteiger partial charge in [-0.2, -0.15) is 0 Å². The fourth-order valence-electron chi connectivity index (χ4n) is 1.58. The third-order valence-electron chi connectivity index (χ3n) is 2.63. The van der Waals surface area contributed by atoms with E-state index in [9.17, 15) is 0 Å². The Hall–Kier alpha value is -1.94. The van der Waals surface area contributed by atoms with E-state index in [0.717, 1.165) is 11.1 Å². The number of hydrogen-bond donors (Lipinski definition) is 1. The lowest BCUT2D eigenvalue weighted by molar-refractivity contribution is 0.210. The normalized spacial score (nSPS) is 10.3. The highest BCUT2D eigenvalue weighted by Crippen LogP contribution is 2.18. The third kappa shape index (κ3) is 3.28. The first-order chi connectivity index (χ1) is 8.79. The van der Waals surface area contributed by atoms with Gasteiger partial charge in [0.15, 0.2) is 0 Å². The Labute approximate surface area is 107 Å². The molecule has 0 unspecified atom stereocenters. The average molecular weight is 243 g/mol. The minimum Gasteiger partial charge on any atom is -0.383 e. The van der Waals surface area contributed by atoms with Crippen molar-refractivity contribution in [3.63, 3.8) is 0 Å². The highest BCUT2D eigenvalue weighted by Gasteiger charge is 1.99. The number of aromatic nitrogens is 2. The van der Waals surface area contributed by atoms with Crippen LogP contribution in [-0.4, -0.2) is 30.2 Å². The van der Waals surface area contributed by atoms with E-state index < -0.39 is 0 Å². The van der Waals surface area contributed by atoms with Gasteiger partial charge in [0.1, 0.15) is 0 Å². The van der Waals surface area contributed by atoms with E-state index in [0.29, 0.717) is 19.1 Å². The molecule has 0 spiro atoms. The van der Waals surface area contributed by atoms with E-state index in [2.05, 4.69) is 46.5 Å². The number of rotatable bonds is 5. The van der Waals surface area contributed by atoms with Gasteiger partial charge in [-0.1, -0.05) is 29.8 Å². The Morgan fingerprint density at radius 2 is 1.72 bits per heavy atom. The molecule has 0 radical (unpaired) electrons. The van der Waals surface area contributed by atoms with Crippen LogP contribution in [0.25, 0.3) is 11.1 Å². The van der Waals surface area contributed by atoms with Gasteiger partial charge in [0.25, 0.3) is 0 Å². The van der Waals surface area contributed by atoms with Crippen LogP contribution in [0, 0.1) is 6.92 Å². The fourth-order valence-corrected chi connectivity index (χ4v) is 1.58. The molecule has 1 heterocycles. The highest BCUT2D eigenvalue weighted by molar-refractivity contribution is 5.62. The Morgan fingerprint density at radius 3 is 2.33 bits per heavy atom. The molecule has 0 saturated heterocycles. The van der Waals surface area contributed by atoms with Crippen molar-refractivity contribution in [2.45, 2.75) is 6.92 Å². The number of nitrogens with one attached hydrogen (secondary N) is 1. The van der Waals surface area contributed by atoms with Crippen LogP contribution in [-0.2, 0) is 4.74 Å². The summed E-state index contributed by atoms with van der Waals surface area (Å²) in [6, 6.07) is 8.32. The van der Waals surface area contributed by atoms with Crippen molar-refractivity contribution in [3.8, 4) is 11.1 Å². The number of nitrogens with zero attached hydrogens (tertiary/aromatic N) is 2. The Morgan fingerprint density at radius 1 is 1.06 bits per heavy atom. The smallest absolute Gasteiger partial charge is 0.222 e. The van der Waals surface area contributed by atoms with Crippen LogP contribution in [0.3, 0.4) is 0 Å². The van der Waals surface area contributed by atoms with E-state index in [1.165, 1.54) is 5.56 Å². The second-order valence-electron chi connectivity index (χ2n) is 4.08. The van der Waals surface area contributed by atoms with Gasteiger partial charge in [-0.15, -0.1) is 0 Å². The monoisotopic (exact) mass is 243 g/mol. The third-order valence-corrected chi connectivity index (χ3v) is 2.63. The van der Waals surface area contributed by atoms with Crippen LogP contribution in [0.5, 0.6) is 0 Å². The van der Waals surface area contributed by atoms with E-state index in [4.69, 9.17) is 4.74 Å². The first-order valence-corrected chi connectivity index (χ1v) is 5.91. The minimum absolute atomic E-state index is 0.628. The molecule has 94 valence electrons. The summed E-state index contributed by atoms with van der Waals surface area (Å²) in [5, 5.41) is 3.09. The number of methoxy groups -OCH3 is 1. The lowest BCUT2D eigenvalue weighted by atomic mass is 10.1. The fraction of sp³-hybridized carbons (Fsp3) is 0.286. The number of anilines is 1. The predicted molar refractivity (Wildman–Crippen MR) is 72.6 cm³/mol. The molecule has 2 rings (SSSR count). The van der Waals surface area contributed by atoms with Gasteiger partial charge >= 0.3 is 0 Å². The Balaban J connectivity index is 2.05. The van der Waals surface area contributed by atoms with Crippen LogP contribution in [0.4, 0.5) is 5.95 Å². The summed E-state index contributed by atoms with van der Waals surface area (Å²) in [6.45, 7) is 3.42. The Kier molecular flexibility index (Phi) is 4.25. The molecule has 18 heavy (non-hydrogen) atoms. The molecule has 1 aromatic heterocycles. The summed E-state index contributed by atoms with van der Waals surface area (Å²) in [6.07, 6.45) is 3.65. The van der Waals surface area contributed by atoms with Gasteiger partial charge < -0.3 is 10.1 Å². The van der Waals surface area contributed by atoms with Crippen molar-refractivity contribution in [3.05, 3.63) is 42.2 Å². The number of ether oxygens (including phenoxy) is 1. The quantitative estimate of drug-likeness (QED) is 0.820. The van der Waals surface area contributed by atoms with E-state index in [-0.39, 0.29) is 0 Å². The topological polar surface area (TPSA) is 47.0 Å². The predicted octanol–water partition coefficient (Wildman–Crippen LogP) is 2.51. The molecule has 0 atom stereocenters.